The van der Waals surface area contributed by atoms with Gasteiger partial charge in [0.2, 0.25) is 5.91 Å². The first-order valence-electron chi connectivity index (χ1n) is 7.74. The Morgan fingerprint density at radius 3 is 2.70 bits per heavy atom. The van der Waals surface area contributed by atoms with Crippen molar-refractivity contribution in [1.29, 1.82) is 0 Å². The minimum atomic E-state index is 0.213. The summed E-state index contributed by atoms with van der Waals surface area (Å²) in [5, 5.41) is 3.25. The number of amides is 1. The third-order valence-electron chi connectivity index (χ3n) is 3.88. The zero-order chi connectivity index (χ0) is 14.2. The van der Waals surface area contributed by atoms with Crippen LogP contribution in [-0.2, 0) is 11.2 Å². The van der Waals surface area contributed by atoms with Gasteiger partial charge in [0.05, 0.1) is 6.54 Å². The second-order valence-corrected chi connectivity index (χ2v) is 5.83. The molecule has 110 valence electrons. The van der Waals surface area contributed by atoms with Gasteiger partial charge in [0, 0.05) is 13.6 Å². The van der Waals surface area contributed by atoms with Crippen molar-refractivity contribution in [2.45, 2.75) is 32.1 Å². The minimum Gasteiger partial charge on any atom is -0.345 e. The van der Waals surface area contributed by atoms with Crippen LogP contribution in [0.5, 0.6) is 0 Å². The number of carbonyl (C=O) groups excluding carboxylic acids is 1. The van der Waals surface area contributed by atoms with Crippen molar-refractivity contribution in [3.05, 3.63) is 35.9 Å². The predicted molar refractivity (Wildman–Crippen MR) is 82.6 cm³/mol. The Balaban J connectivity index is 1.52. The van der Waals surface area contributed by atoms with Gasteiger partial charge in [-0.3, -0.25) is 4.79 Å². The summed E-state index contributed by atoms with van der Waals surface area (Å²) in [5.41, 5.74) is 1.38. The van der Waals surface area contributed by atoms with Crippen molar-refractivity contribution in [1.82, 2.24) is 10.2 Å². The Bertz CT molecular complexity index is 401. The van der Waals surface area contributed by atoms with Gasteiger partial charge in [0.1, 0.15) is 0 Å². The molecule has 1 aliphatic carbocycles. The molecule has 0 radical (unpaired) electrons. The average Bonchev–Trinajstić information content (AvgIpc) is 3.28. The number of carbonyl (C=O) groups is 1. The Morgan fingerprint density at radius 2 is 2.00 bits per heavy atom. The molecule has 1 amide bonds. The van der Waals surface area contributed by atoms with Crippen LogP contribution in [-0.4, -0.2) is 37.5 Å². The predicted octanol–water partition coefficient (Wildman–Crippen LogP) is 2.47. The summed E-state index contributed by atoms with van der Waals surface area (Å²) in [6, 6.07) is 10.5. The number of nitrogens with one attached hydrogen (secondary N) is 1. The van der Waals surface area contributed by atoms with Crippen LogP contribution in [0.15, 0.2) is 30.3 Å². The highest BCUT2D eigenvalue weighted by atomic mass is 16.2. The summed E-state index contributed by atoms with van der Waals surface area (Å²) in [7, 11) is 1.91. The number of benzene rings is 1. The minimum absolute atomic E-state index is 0.213. The van der Waals surface area contributed by atoms with Crippen LogP contribution in [0.2, 0.25) is 0 Å². The summed E-state index contributed by atoms with van der Waals surface area (Å²) >= 11 is 0. The normalized spacial score (nSPS) is 14.2. The van der Waals surface area contributed by atoms with E-state index in [4.69, 9.17) is 0 Å². The molecule has 0 bridgehead atoms. The fourth-order valence-corrected chi connectivity index (χ4v) is 2.29. The molecule has 1 aliphatic rings. The summed E-state index contributed by atoms with van der Waals surface area (Å²) in [4.78, 5) is 13.7. The van der Waals surface area contributed by atoms with E-state index in [1.165, 1.54) is 18.4 Å². The van der Waals surface area contributed by atoms with E-state index < -0.39 is 0 Å². The van der Waals surface area contributed by atoms with Gasteiger partial charge in [0.15, 0.2) is 0 Å². The second-order valence-electron chi connectivity index (χ2n) is 5.83. The molecule has 1 saturated carbocycles. The van der Waals surface area contributed by atoms with Gasteiger partial charge >= 0.3 is 0 Å². The number of nitrogens with zero attached hydrogens (tertiary/aromatic N) is 1. The number of hydrogen-bond acceptors (Lipinski definition) is 2. The Labute approximate surface area is 122 Å². The molecule has 2 rings (SSSR count). The van der Waals surface area contributed by atoms with Crippen LogP contribution >= 0.6 is 0 Å². The highest BCUT2D eigenvalue weighted by molar-refractivity contribution is 5.77. The smallest absolute Gasteiger partial charge is 0.236 e. The first-order valence-corrected chi connectivity index (χ1v) is 7.74. The summed E-state index contributed by atoms with van der Waals surface area (Å²) < 4.78 is 0. The molecule has 3 nitrogen and oxygen atoms in total. The van der Waals surface area contributed by atoms with Crippen molar-refractivity contribution < 1.29 is 4.79 Å². The lowest BCUT2D eigenvalue weighted by molar-refractivity contribution is -0.129. The van der Waals surface area contributed by atoms with Gasteiger partial charge in [-0.1, -0.05) is 30.3 Å². The maximum absolute atomic E-state index is 11.9. The zero-order valence-electron chi connectivity index (χ0n) is 12.5. The third-order valence-corrected chi connectivity index (χ3v) is 3.88. The highest BCUT2D eigenvalue weighted by Gasteiger charge is 2.20. The Kier molecular flexibility index (Phi) is 6.06. The molecule has 1 aromatic carbocycles. The Hall–Kier alpha value is -1.35. The maximum atomic E-state index is 11.9. The zero-order valence-corrected chi connectivity index (χ0v) is 12.5. The lowest BCUT2D eigenvalue weighted by Gasteiger charge is -2.17. The van der Waals surface area contributed by atoms with E-state index in [1.54, 1.807) is 0 Å². The van der Waals surface area contributed by atoms with Crippen LogP contribution in [0.4, 0.5) is 0 Å². The summed E-state index contributed by atoms with van der Waals surface area (Å²) in [6.45, 7) is 2.36. The van der Waals surface area contributed by atoms with Crippen molar-refractivity contribution in [3.63, 3.8) is 0 Å². The summed E-state index contributed by atoms with van der Waals surface area (Å²) in [5.74, 6) is 1.05. The molecule has 0 unspecified atom stereocenters. The van der Waals surface area contributed by atoms with Crippen molar-refractivity contribution >= 4 is 5.91 Å². The molecule has 0 aromatic heterocycles. The molecule has 1 aromatic rings. The SMILES string of the molecule is CN(CCCCc1ccccc1)C(=O)CNCC1CC1. The molecule has 0 saturated heterocycles. The van der Waals surface area contributed by atoms with Gasteiger partial charge < -0.3 is 10.2 Å². The molecule has 0 heterocycles. The molecule has 20 heavy (non-hydrogen) atoms. The first-order chi connectivity index (χ1) is 9.75. The lowest BCUT2D eigenvalue weighted by atomic mass is 10.1. The number of likely N-dealkylation sites (N-methyl/N-ethyl adjacent to an activating group) is 1. The molecule has 1 fully saturated rings. The van der Waals surface area contributed by atoms with Gasteiger partial charge in [-0.25, -0.2) is 0 Å². The van der Waals surface area contributed by atoms with Gasteiger partial charge in [-0.2, -0.15) is 0 Å². The number of rotatable bonds is 9. The largest absolute Gasteiger partial charge is 0.345 e. The number of hydrogen-bond donors (Lipinski definition) is 1. The molecular weight excluding hydrogens is 248 g/mol. The van der Waals surface area contributed by atoms with Gasteiger partial charge in [0.25, 0.3) is 0 Å². The van der Waals surface area contributed by atoms with Gasteiger partial charge in [-0.05, 0) is 50.1 Å². The molecular formula is C17H26N2O. The van der Waals surface area contributed by atoms with E-state index in [-0.39, 0.29) is 5.91 Å². The average molecular weight is 274 g/mol. The van der Waals surface area contributed by atoms with Crippen molar-refractivity contribution in [2.75, 3.05) is 26.7 Å². The van der Waals surface area contributed by atoms with E-state index in [1.807, 2.05) is 18.0 Å². The number of aryl methyl sites for hydroxylation is 1. The third kappa shape index (κ3) is 5.74. The van der Waals surface area contributed by atoms with Crippen LogP contribution in [0.1, 0.15) is 31.2 Å². The van der Waals surface area contributed by atoms with E-state index in [9.17, 15) is 4.79 Å². The van der Waals surface area contributed by atoms with E-state index in [0.717, 1.165) is 38.3 Å². The fourth-order valence-electron chi connectivity index (χ4n) is 2.29. The van der Waals surface area contributed by atoms with Crippen LogP contribution < -0.4 is 5.32 Å². The molecule has 0 spiro atoms. The topological polar surface area (TPSA) is 32.3 Å². The van der Waals surface area contributed by atoms with Crippen molar-refractivity contribution in [2.24, 2.45) is 5.92 Å². The van der Waals surface area contributed by atoms with Crippen LogP contribution in [0.3, 0.4) is 0 Å². The second kappa shape index (κ2) is 8.05. The first kappa shape index (κ1) is 15.0. The van der Waals surface area contributed by atoms with Crippen LogP contribution in [0, 0.1) is 5.92 Å². The standard InChI is InChI=1S/C17H26N2O/c1-19(17(20)14-18-13-16-10-11-16)12-6-5-9-15-7-3-2-4-8-15/h2-4,7-8,16,18H,5-6,9-14H2,1H3. The quantitative estimate of drug-likeness (QED) is 0.702. The molecule has 0 aliphatic heterocycles. The summed E-state index contributed by atoms with van der Waals surface area (Å²) in [6.07, 6.45) is 5.97. The fraction of sp³-hybridized carbons (Fsp3) is 0.588. The van der Waals surface area contributed by atoms with Crippen LogP contribution in [0.25, 0.3) is 0 Å². The molecule has 1 N–H and O–H groups in total. The molecule has 3 heteroatoms. The highest BCUT2D eigenvalue weighted by Crippen LogP contribution is 2.27. The molecule has 0 atom stereocenters. The van der Waals surface area contributed by atoms with Crippen molar-refractivity contribution in [3.8, 4) is 0 Å². The van der Waals surface area contributed by atoms with E-state index >= 15 is 0 Å². The van der Waals surface area contributed by atoms with Gasteiger partial charge in [-0.15, -0.1) is 0 Å². The van der Waals surface area contributed by atoms with E-state index in [2.05, 4.69) is 29.6 Å². The van der Waals surface area contributed by atoms with E-state index in [0.29, 0.717) is 6.54 Å². The maximum Gasteiger partial charge on any atom is 0.236 e. The lowest BCUT2D eigenvalue weighted by Crippen LogP contribution is -2.36. The monoisotopic (exact) mass is 274 g/mol. The Morgan fingerprint density at radius 1 is 1.25 bits per heavy atom. The number of unbranched alkanes of at least 4 members (excludes halogenated alkanes) is 1.